The molecule has 4 heteroatoms. The number of anilines is 1. The molecule has 3 nitrogen and oxygen atoms in total. The Morgan fingerprint density at radius 1 is 1.44 bits per heavy atom. The van der Waals surface area contributed by atoms with Gasteiger partial charge < -0.3 is 11.1 Å². The molecule has 18 heavy (non-hydrogen) atoms. The molecule has 0 heterocycles. The maximum Gasteiger partial charge on any atom is 0.251 e. The Bertz CT molecular complexity index is 453. The molecule has 0 atom stereocenters. The predicted octanol–water partition coefficient (Wildman–Crippen LogP) is 2.72. The van der Waals surface area contributed by atoms with Gasteiger partial charge in [0.1, 0.15) is 5.82 Å². The lowest BCUT2D eigenvalue weighted by Gasteiger charge is -2.23. The lowest BCUT2D eigenvalue weighted by Crippen LogP contribution is -2.34. The van der Waals surface area contributed by atoms with Crippen molar-refractivity contribution >= 4 is 11.6 Å². The minimum absolute atomic E-state index is 0.00901. The van der Waals surface area contributed by atoms with E-state index in [0.29, 0.717) is 12.1 Å². The molecule has 0 radical (unpaired) electrons. The van der Waals surface area contributed by atoms with E-state index in [9.17, 15) is 9.18 Å². The Morgan fingerprint density at radius 3 is 2.72 bits per heavy atom. The van der Waals surface area contributed by atoms with Crippen LogP contribution in [0.5, 0.6) is 0 Å². The van der Waals surface area contributed by atoms with Gasteiger partial charge in [-0.15, -0.1) is 0 Å². The van der Waals surface area contributed by atoms with Gasteiger partial charge in [0.2, 0.25) is 0 Å². The zero-order valence-corrected chi connectivity index (χ0v) is 10.6. The van der Waals surface area contributed by atoms with Crippen molar-refractivity contribution in [3.63, 3.8) is 0 Å². The number of nitrogens with two attached hydrogens (primary N) is 1. The van der Waals surface area contributed by atoms with E-state index in [4.69, 9.17) is 5.73 Å². The van der Waals surface area contributed by atoms with E-state index < -0.39 is 5.82 Å². The van der Waals surface area contributed by atoms with Crippen molar-refractivity contribution in [3.05, 3.63) is 29.6 Å². The Labute approximate surface area is 107 Å². The van der Waals surface area contributed by atoms with Gasteiger partial charge in [-0.25, -0.2) is 4.39 Å². The van der Waals surface area contributed by atoms with Gasteiger partial charge in [-0.2, -0.15) is 0 Å². The van der Waals surface area contributed by atoms with Gasteiger partial charge in [0.25, 0.3) is 5.91 Å². The molecular formula is C14H19FN2O. The van der Waals surface area contributed by atoms with Crippen LogP contribution in [-0.4, -0.2) is 12.5 Å². The molecule has 98 valence electrons. The number of hydrogen-bond donors (Lipinski definition) is 2. The van der Waals surface area contributed by atoms with Crippen LogP contribution in [0.3, 0.4) is 0 Å². The van der Waals surface area contributed by atoms with E-state index in [-0.39, 0.29) is 17.0 Å². The van der Waals surface area contributed by atoms with E-state index in [1.54, 1.807) is 0 Å². The molecule has 1 aromatic rings. The first-order chi connectivity index (χ1) is 8.50. The second kappa shape index (κ2) is 4.96. The van der Waals surface area contributed by atoms with E-state index in [2.05, 4.69) is 12.2 Å². The topological polar surface area (TPSA) is 55.1 Å². The van der Waals surface area contributed by atoms with Gasteiger partial charge in [0.15, 0.2) is 0 Å². The monoisotopic (exact) mass is 250 g/mol. The molecule has 0 unspecified atom stereocenters. The highest BCUT2D eigenvalue weighted by Crippen LogP contribution is 2.36. The number of halogens is 1. The minimum Gasteiger partial charge on any atom is -0.396 e. The van der Waals surface area contributed by atoms with Crippen LogP contribution in [-0.2, 0) is 0 Å². The van der Waals surface area contributed by atoms with Crippen LogP contribution in [0.2, 0.25) is 0 Å². The first-order valence-electron chi connectivity index (χ1n) is 6.33. The molecule has 1 aliphatic carbocycles. The third kappa shape index (κ3) is 2.81. The van der Waals surface area contributed by atoms with Gasteiger partial charge in [-0.3, -0.25) is 4.79 Å². The summed E-state index contributed by atoms with van der Waals surface area (Å²) in [6.07, 6.45) is 4.77. The number of amides is 1. The summed E-state index contributed by atoms with van der Waals surface area (Å²) in [5.41, 5.74) is 6.08. The first-order valence-corrected chi connectivity index (χ1v) is 6.33. The molecule has 0 bridgehead atoms. The summed E-state index contributed by atoms with van der Waals surface area (Å²) in [4.78, 5) is 11.9. The Kier molecular flexibility index (Phi) is 3.55. The zero-order valence-electron chi connectivity index (χ0n) is 10.6. The van der Waals surface area contributed by atoms with Crippen molar-refractivity contribution in [2.45, 2.75) is 32.6 Å². The van der Waals surface area contributed by atoms with Crippen molar-refractivity contribution in [2.75, 3.05) is 12.3 Å². The van der Waals surface area contributed by atoms with Crippen LogP contribution in [0.25, 0.3) is 0 Å². The van der Waals surface area contributed by atoms with Gasteiger partial charge in [0, 0.05) is 12.1 Å². The lowest BCUT2D eigenvalue weighted by atomic mass is 9.89. The zero-order chi connectivity index (χ0) is 13.2. The van der Waals surface area contributed by atoms with Crippen molar-refractivity contribution < 1.29 is 9.18 Å². The third-order valence-electron chi connectivity index (χ3n) is 3.74. The molecule has 1 amide bonds. The standard InChI is InChI=1S/C14H19FN2O/c1-14(6-2-3-7-14)9-17-13(18)10-4-5-11(15)12(16)8-10/h4-5,8H,2-3,6-7,9,16H2,1H3,(H,17,18). The lowest BCUT2D eigenvalue weighted by molar-refractivity contribution is 0.0934. The number of nitrogen functional groups attached to an aromatic ring is 1. The highest BCUT2D eigenvalue weighted by Gasteiger charge is 2.28. The summed E-state index contributed by atoms with van der Waals surface area (Å²) in [6, 6.07) is 4.06. The van der Waals surface area contributed by atoms with Crippen LogP contribution in [0.15, 0.2) is 18.2 Å². The smallest absolute Gasteiger partial charge is 0.251 e. The van der Waals surface area contributed by atoms with Crippen LogP contribution >= 0.6 is 0 Å². The molecule has 1 aromatic carbocycles. The molecule has 1 fully saturated rings. The Morgan fingerprint density at radius 2 is 2.11 bits per heavy atom. The van der Waals surface area contributed by atoms with Gasteiger partial charge in [-0.1, -0.05) is 19.8 Å². The van der Waals surface area contributed by atoms with E-state index >= 15 is 0 Å². The van der Waals surface area contributed by atoms with E-state index in [1.807, 2.05) is 0 Å². The fraction of sp³-hybridized carbons (Fsp3) is 0.500. The van der Waals surface area contributed by atoms with Crippen molar-refractivity contribution in [1.82, 2.24) is 5.32 Å². The molecular weight excluding hydrogens is 231 g/mol. The molecule has 0 aliphatic heterocycles. The maximum absolute atomic E-state index is 13.0. The maximum atomic E-state index is 13.0. The summed E-state index contributed by atoms with van der Waals surface area (Å²) in [6.45, 7) is 2.86. The molecule has 0 saturated heterocycles. The second-order valence-electron chi connectivity index (χ2n) is 5.44. The molecule has 3 N–H and O–H groups in total. The molecule has 0 aromatic heterocycles. The summed E-state index contributed by atoms with van der Waals surface area (Å²) in [5.74, 6) is -0.677. The van der Waals surface area contributed by atoms with Gasteiger partial charge in [0.05, 0.1) is 5.69 Å². The first kappa shape index (κ1) is 12.9. The highest BCUT2D eigenvalue weighted by molar-refractivity contribution is 5.95. The number of benzene rings is 1. The van der Waals surface area contributed by atoms with E-state index in [1.165, 1.54) is 31.0 Å². The average molecular weight is 250 g/mol. The fourth-order valence-corrected chi connectivity index (χ4v) is 2.49. The fourth-order valence-electron chi connectivity index (χ4n) is 2.49. The highest BCUT2D eigenvalue weighted by atomic mass is 19.1. The average Bonchev–Trinajstić information content (AvgIpc) is 2.77. The van der Waals surface area contributed by atoms with Crippen molar-refractivity contribution in [2.24, 2.45) is 5.41 Å². The molecule has 1 saturated carbocycles. The Hall–Kier alpha value is -1.58. The third-order valence-corrected chi connectivity index (χ3v) is 3.74. The van der Waals surface area contributed by atoms with Gasteiger partial charge in [-0.05, 0) is 36.5 Å². The normalized spacial score (nSPS) is 17.7. The molecule has 1 aliphatic rings. The number of rotatable bonds is 3. The second-order valence-corrected chi connectivity index (χ2v) is 5.44. The molecule has 2 rings (SSSR count). The number of carbonyl (C=O) groups excluding carboxylic acids is 1. The Balaban J connectivity index is 1.97. The summed E-state index contributed by atoms with van der Waals surface area (Å²) in [5, 5.41) is 2.91. The SMILES string of the molecule is CC1(CNC(=O)c2ccc(F)c(N)c2)CCCC1. The summed E-state index contributed by atoms with van der Waals surface area (Å²) >= 11 is 0. The van der Waals surface area contributed by atoms with Crippen molar-refractivity contribution in [3.8, 4) is 0 Å². The van der Waals surface area contributed by atoms with E-state index in [0.717, 1.165) is 12.8 Å². The van der Waals surface area contributed by atoms with Gasteiger partial charge >= 0.3 is 0 Å². The molecule has 0 spiro atoms. The predicted molar refractivity (Wildman–Crippen MR) is 69.7 cm³/mol. The summed E-state index contributed by atoms with van der Waals surface area (Å²) in [7, 11) is 0. The largest absolute Gasteiger partial charge is 0.396 e. The van der Waals surface area contributed by atoms with Crippen LogP contribution in [0.1, 0.15) is 43.0 Å². The summed E-state index contributed by atoms with van der Waals surface area (Å²) < 4.78 is 13.0. The van der Waals surface area contributed by atoms with Crippen LogP contribution < -0.4 is 11.1 Å². The van der Waals surface area contributed by atoms with Crippen molar-refractivity contribution in [1.29, 1.82) is 0 Å². The minimum atomic E-state index is -0.491. The quantitative estimate of drug-likeness (QED) is 0.810. The number of nitrogens with one attached hydrogen (secondary N) is 1. The van der Waals surface area contributed by atoms with Crippen LogP contribution in [0.4, 0.5) is 10.1 Å². The number of carbonyl (C=O) groups is 1. The van der Waals surface area contributed by atoms with Crippen LogP contribution in [0, 0.1) is 11.2 Å². The number of hydrogen-bond acceptors (Lipinski definition) is 2.